The third-order valence-electron chi connectivity index (χ3n) is 14.0. The van der Waals surface area contributed by atoms with E-state index in [0.717, 1.165) is 116 Å². The van der Waals surface area contributed by atoms with Gasteiger partial charge < -0.3 is 27.9 Å². The summed E-state index contributed by atoms with van der Waals surface area (Å²) in [7, 11) is 1.16. The number of rotatable bonds is 60. The van der Waals surface area contributed by atoms with Crippen molar-refractivity contribution in [2.24, 2.45) is 0 Å². The number of hydrogen-bond donors (Lipinski definition) is 0. The number of nitrogens with zero attached hydrogens (tertiary/aromatic N) is 1. The van der Waals surface area contributed by atoms with Gasteiger partial charge in [-0.3, -0.25) is 14.2 Å². The van der Waals surface area contributed by atoms with Gasteiger partial charge in [0.25, 0.3) is 7.82 Å². The Bertz CT molecular complexity index is 1800. The summed E-state index contributed by atoms with van der Waals surface area (Å²) in [6.07, 6.45) is 88.5. The molecule has 0 rings (SSSR count). The number of unbranched alkanes of at least 4 members (excludes halogenated alkanes) is 26. The largest absolute Gasteiger partial charge is 0.756 e. The molecule has 10 heteroatoms. The number of esters is 2. The van der Waals surface area contributed by atoms with E-state index in [2.05, 4.69) is 135 Å². The van der Waals surface area contributed by atoms with E-state index >= 15 is 0 Å². The van der Waals surface area contributed by atoms with Crippen LogP contribution in [0, 0.1) is 0 Å². The summed E-state index contributed by atoms with van der Waals surface area (Å²) in [6, 6.07) is 0. The topological polar surface area (TPSA) is 111 Å². The Hall–Kier alpha value is -3.59. The van der Waals surface area contributed by atoms with Crippen LogP contribution in [0.2, 0.25) is 0 Å². The highest BCUT2D eigenvalue weighted by molar-refractivity contribution is 7.45. The zero-order valence-electron chi connectivity index (χ0n) is 53.4. The highest BCUT2D eigenvalue weighted by Gasteiger charge is 2.22. The average molecular weight is 1160 g/mol. The summed E-state index contributed by atoms with van der Waals surface area (Å²) in [4.78, 5) is 37.9. The van der Waals surface area contributed by atoms with Crippen LogP contribution in [0.15, 0.2) is 122 Å². The van der Waals surface area contributed by atoms with Gasteiger partial charge in [-0.25, -0.2) is 0 Å². The van der Waals surface area contributed by atoms with Crippen molar-refractivity contribution in [1.82, 2.24) is 0 Å². The number of ether oxygens (including phenoxy) is 2. The van der Waals surface area contributed by atoms with Crippen molar-refractivity contribution < 1.29 is 42.1 Å². The molecule has 0 bridgehead atoms. The minimum atomic E-state index is -4.64. The van der Waals surface area contributed by atoms with Crippen LogP contribution in [0.4, 0.5) is 0 Å². The van der Waals surface area contributed by atoms with Crippen LogP contribution in [0.5, 0.6) is 0 Å². The summed E-state index contributed by atoms with van der Waals surface area (Å²) >= 11 is 0. The lowest BCUT2D eigenvalue weighted by Gasteiger charge is -2.28. The van der Waals surface area contributed by atoms with E-state index in [1.165, 1.54) is 122 Å². The maximum absolute atomic E-state index is 12.8. The van der Waals surface area contributed by atoms with Gasteiger partial charge in [-0.15, -0.1) is 0 Å². The molecule has 0 amide bonds. The van der Waals surface area contributed by atoms with Crippen molar-refractivity contribution in [3.05, 3.63) is 122 Å². The summed E-state index contributed by atoms with van der Waals surface area (Å²) in [5.74, 6) is -0.842. The lowest BCUT2D eigenvalue weighted by Crippen LogP contribution is -2.37. The van der Waals surface area contributed by atoms with E-state index in [4.69, 9.17) is 18.5 Å². The molecular weight excluding hydrogens is 1040 g/mol. The molecule has 470 valence electrons. The number of phosphoric acid groups is 1. The first-order valence-corrected chi connectivity index (χ1v) is 34.7. The molecule has 0 spiro atoms. The smallest absolute Gasteiger partial charge is 0.306 e. The van der Waals surface area contributed by atoms with Crippen molar-refractivity contribution >= 4 is 19.8 Å². The third-order valence-corrected chi connectivity index (χ3v) is 14.9. The second-order valence-corrected chi connectivity index (χ2v) is 24.5. The second-order valence-electron chi connectivity index (χ2n) is 23.1. The van der Waals surface area contributed by atoms with Gasteiger partial charge in [-0.1, -0.05) is 277 Å². The highest BCUT2D eigenvalue weighted by atomic mass is 31.2. The lowest BCUT2D eigenvalue weighted by molar-refractivity contribution is -0.870. The van der Waals surface area contributed by atoms with Gasteiger partial charge in [0, 0.05) is 12.8 Å². The Balaban J connectivity index is 3.97. The number of carbonyl (C=O) groups excluding carboxylic acids is 2. The maximum atomic E-state index is 12.8. The SMILES string of the molecule is CC/C=C\C/C=C\C/C=C\C/C=C\C/C=C\C/C=C\C/C=C\CCCCCCCCCCCCCCCCCCCCCC(=O)OC(COC(=O)CCCCCCCCC/C=C\C/C=C\C/C=C\CC)COP(=O)([O-])OCC[N+](C)(C)C. The molecule has 2 unspecified atom stereocenters. The molecule has 2 atom stereocenters. The standard InChI is InChI=1S/C72H124NO8P/c1-6-8-10-12-14-16-18-20-22-24-25-26-27-28-29-30-31-32-33-34-35-36-37-38-39-40-41-42-43-44-45-46-47-49-51-53-55-57-59-61-63-65-72(75)81-70(69-80-82(76,77)79-67-66-73(3,4)5)68-78-71(74)64-62-60-58-56-54-52-50-48-23-21-19-17-15-13-11-9-7-2/h8-11,14-17,20-23,25-26,28-29,31-32,34-35,70H,6-7,12-13,18-19,24,27,30,33,36-69H2,1-5H3/b10-8-,11-9-,16-14-,17-15-,22-20-,23-21-,26-25-,29-28-,32-31-,35-34-. The molecule has 0 aliphatic heterocycles. The Morgan fingerprint density at radius 2 is 0.659 bits per heavy atom. The quantitative estimate of drug-likeness (QED) is 0.0195. The molecule has 0 aromatic carbocycles. The first kappa shape index (κ1) is 78.4. The van der Waals surface area contributed by atoms with Crippen LogP contribution in [0.3, 0.4) is 0 Å². The van der Waals surface area contributed by atoms with Gasteiger partial charge in [-0.2, -0.15) is 0 Å². The van der Waals surface area contributed by atoms with Gasteiger partial charge in [0.2, 0.25) is 0 Å². The second kappa shape index (κ2) is 62.0. The first-order valence-electron chi connectivity index (χ1n) is 33.2. The number of likely N-dealkylation sites (N-methyl/N-ethyl adjacent to an activating group) is 1. The van der Waals surface area contributed by atoms with Gasteiger partial charge in [0.05, 0.1) is 27.7 Å². The minimum absolute atomic E-state index is 0.0359. The number of allylic oxidation sites excluding steroid dienone is 20. The van der Waals surface area contributed by atoms with Crippen LogP contribution < -0.4 is 4.89 Å². The van der Waals surface area contributed by atoms with E-state index in [9.17, 15) is 19.0 Å². The fourth-order valence-corrected chi connectivity index (χ4v) is 9.68. The van der Waals surface area contributed by atoms with Crippen molar-refractivity contribution in [3.8, 4) is 0 Å². The van der Waals surface area contributed by atoms with Crippen LogP contribution in [-0.2, 0) is 32.7 Å². The molecule has 9 nitrogen and oxygen atoms in total. The normalized spacial score (nSPS) is 14.0. The summed E-state index contributed by atoms with van der Waals surface area (Å²) in [6.45, 7) is 4.01. The molecule has 0 N–H and O–H groups in total. The van der Waals surface area contributed by atoms with Crippen molar-refractivity contribution in [2.75, 3.05) is 47.5 Å². The fourth-order valence-electron chi connectivity index (χ4n) is 8.95. The predicted molar refractivity (Wildman–Crippen MR) is 351 cm³/mol. The lowest BCUT2D eigenvalue weighted by atomic mass is 10.0. The summed E-state index contributed by atoms with van der Waals surface area (Å²) in [5.41, 5.74) is 0. The molecule has 0 radical (unpaired) electrons. The highest BCUT2D eigenvalue weighted by Crippen LogP contribution is 2.38. The third kappa shape index (κ3) is 65.6. The van der Waals surface area contributed by atoms with Gasteiger partial charge in [0.1, 0.15) is 19.8 Å². The van der Waals surface area contributed by atoms with E-state index in [-0.39, 0.29) is 26.1 Å². The Labute approximate surface area is 505 Å². The molecule has 0 aliphatic carbocycles. The van der Waals surface area contributed by atoms with Crippen molar-refractivity contribution in [1.29, 1.82) is 0 Å². The zero-order valence-corrected chi connectivity index (χ0v) is 54.3. The molecule has 0 saturated heterocycles. The molecule has 0 aromatic rings. The van der Waals surface area contributed by atoms with Crippen LogP contribution in [-0.4, -0.2) is 70.0 Å². The van der Waals surface area contributed by atoms with Gasteiger partial charge in [-0.05, 0) is 103 Å². The van der Waals surface area contributed by atoms with Crippen LogP contribution >= 0.6 is 7.82 Å². The molecular formula is C72H124NO8P. The predicted octanol–water partition coefficient (Wildman–Crippen LogP) is 20.9. The Morgan fingerprint density at radius 1 is 0.378 bits per heavy atom. The minimum Gasteiger partial charge on any atom is -0.756 e. The van der Waals surface area contributed by atoms with Crippen LogP contribution in [0.1, 0.15) is 271 Å². The fraction of sp³-hybridized carbons (Fsp3) is 0.694. The van der Waals surface area contributed by atoms with E-state index in [1.54, 1.807) is 0 Å². The van der Waals surface area contributed by atoms with Gasteiger partial charge >= 0.3 is 11.9 Å². The average Bonchev–Trinajstić information content (AvgIpc) is 3.45. The molecule has 0 aromatic heterocycles. The van der Waals surface area contributed by atoms with Crippen LogP contribution in [0.25, 0.3) is 0 Å². The molecule has 0 saturated carbocycles. The molecule has 0 heterocycles. The zero-order chi connectivity index (χ0) is 59.8. The van der Waals surface area contributed by atoms with Gasteiger partial charge in [0.15, 0.2) is 6.10 Å². The Kier molecular flexibility index (Phi) is 59.2. The monoisotopic (exact) mass is 1160 g/mol. The molecule has 0 aliphatic rings. The number of quaternary nitrogens is 1. The number of hydrogen-bond acceptors (Lipinski definition) is 8. The maximum Gasteiger partial charge on any atom is 0.306 e. The molecule has 82 heavy (non-hydrogen) atoms. The van der Waals surface area contributed by atoms with E-state index in [0.29, 0.717) is 17.4 Å². The Morgan fingerprint density at radius 3 is 0.976 bits per heavy atom. The summed E-state index contributed by atoms with van der Waals surface area (Å²) in [5, 5.41) is 0. The number of carbonyl (C=O) groups is 2. The van der Waals surface area contributed by atoms with E-state index < -0.39 is 32.5 Å². The van der Waals surface area contributed by atoms with Crippen molar-refractivity contribution in [3.63, 3.8) is 0 Å². The molecule has 0 fully saturated rings. The van der Waals surface area contributed by atoms with E-state index in [1.807, 2.05) is 21.1 Å². The summed E-state index contributed by atoms with van der Waals surface area (Å²) < 4.78 is 34.2. The van der Waals surface area contributed by atoms with Crippen molar-refractivity contribution in [2.45, 2.75) is 277 Å². The first-order chi connectivity index (χ1) is 40.0. The number of phosphoric ester groups is 1.